The molecule has 4 aromatic rings. The molecule has 29 heavy (non-hydrogen) atoms. The molecule has 6 heteroatoms. The lowest BCUT2D eigenvalue weighted by molar-refractivity contribution is 0.0945. The van der Waals surface area contributed by atoms with Crippen molar-refractivity contribution < 1.29 is 4.79 Å². The van der Waals surface area contributed by atoms with E-state index in [0.717, 1.165) is 16.7 Å². The largest absolute Gasteiger partial charge is 0.309 e. The van der Waals surface area contributed by atoms with Gasteiger partial charge in [0.2, 0.25) is 5.82 Å². The molecule has 0 saturated heterocycles. The van der Waals surface area contributed by atoms with Crippen molar-refractivity contribution in [2.45, 2.75) is 0 Å². The highest BCUT2D eigenvalue weighted by molar-refractivity contribution is 5.92. The van der Waals surface area contributed by atoms with E-state index in [2.05, 4.69) is 25.5 Å². The average Bonchev–Trinajstić information content (AvgIpc) is 2.80. The van der Waals surface area contributed by atoms with Crippen LogP contribution in [-0.4, -0.2) is 27.1 Å². The van der Waals surface area contributed by atoms with Crippen LogP contribution in [0.2, 0.25) is 0 Å². The van der Waals surface area contributed by atoms with Crippen molar-refractivity contribution >= 4 is 12.1 Å². The number of benzene rings is 2. The SMILES string of the molecule is O=C(N/N=C\c1cccnc1)c1nc(-c2ccccc2)cc(-c2ccccc2)n1. The molecule has 0 fully saturated rings. The molecule has 0 atom stereocenters. The van der Waals surface area contributed by atoms with Gasteiger partial charge in [0.15, 0.2) is 0 Å². The Kier molecular flexibility index (Phi) is 5.43. The van der Waals surface area contributed by atoms with Crippen molar-refractivity contribution in [1.82, 2.24) is 20.4 Å². The second-order valence-electron chi connectivity index (χ2n) is 6.18. The van der Waals surface area contributed by atoms with Gasteiger partial charge >= 0.3 is 5.91 Å². The lowest BCUT2D eigenvalue weighted by Crippen LogP contribution is -2.21. The van der Waals surface area contributed by atoms with Crippen LogP contribution in [0.4, 0.5) is 0 Å². The van der Waals surface area contributed by atoms with Crippen LogP contribution in [0, 0.1) is 0 Å². The predicted molar refractivity (Wildman–Crippen MR) is 112 cm³/mol. The van der Waals surface area contributed by atoms with Gasteiger partial charge in [-0.25, -0.2) is 15.4 Å². The molecule has 0 aliphatic carbocycles. The minimum atomic E-state index is -0.486. The second-order valence-corrected chi connectivity index (χ2v) is 6.18. The summed E-state index contributed by atoms with van der Waals surface area (Å²) in [6.07, 6.45) is 4.84. The summed E-state index contributed by atoms with van der Waals surface area (Å²) in [5.41, 5.74) is 6.40. The predicted octanol–water partition coefficient (Wildman–Crippen LogP) is 3.97. The van der Waals surface area contributed by atoms with Gasteiger partial charge in [0.05, 0.1) is 17.6 Å². The van der Waals surface area contributed by atoms with Crippen LogP contribution < -0.4 is 5.43 Å². The van der Waals surface area contributed by atoms with Crippen molar-refractivity contribution in [3.05, 3.63) is 103 Å². The fraction of sp³-hybridized carbons (Fsp3) is 0. The van der Waals surface area contributed by atoms with Gasteiger partial charge in [-0.3, -0.25) is 9.78 Å². The highest BCUT2D eigenvalue weighted by Gasteiger charge is 2.14. The minimum absolute atomic E-state index is 0.0496. The first-order valence-corrected chi connectivity index (χ1v) is 9.03. The maximum Gasteiger partial charge on any atom is 0.309 e. The first kappa shape index (κ1) is 18.2. The number of pyridine rings is 1. The minimum Gasteiger partial charge on any atom is -0.264 e. The third-order valence-electron chi connectivity index (χ3n) is 4.13. The van der Waals surface area contributed by atoms with Gasteiger partial charge in [0.1, 0.15) is 0 Å². The lowest BCUT2D eigenvalue weighted by Gasteiger charge is -2.08. The molecule has 2 aromatic carbocycles. The van der Waals surface area contributed by atoms with Gasteiger partial charge in [-0.05, 0) is 12.1 Å². The van der Waals surface area contributed by atoms with Gasteiger partial charge in [0.25, 0.3) is 0 Å². The molecule has 1 N–H and O–H groups in total. The highest BCUT2D eigenvalue weighted by atomic mass is 16.2. The van der Waals surface area contributed by atoms with E-state index in [4.69, 9.17) is 0 Å². The first-order valence-electron chi connectivity index (χ1n) is 9.03. The Morgan fingerprint density at radius 2 is 1.45 bits per heavy atom. The molecule has 0 bridgehead atoms. The molecule has 0 radical (unpaired) electrons. The molecule has 0 aliphatic rings. The number of hydrazone groups is 1. The van der Waals surface area contributed by atoms with E-state index in [1.165, 1.54) is 6.21 Å². The quantitative estimate of drug-likeness (QED) is 0.420. The maximum atomic E-state index is 12.6. The Hall–Kier alpha value is -4.19. The van der Waals surface area contributed by atoms with Crippen LogP contribution in [0.15, 0.2) is 96.4 Å². The standard InChI is InChI=1S/C23H17N5O/c29-23(28-25-16-17-8-7-13-24-15-17)22-26-20(18-9-3-1-4-10-18)14-21(27-22)19-11-5-2-6-12-19/h1-16H,(H,28,29)/b25-16-. The van der Waals surface area contributed by atoms with E-state index in [-0.39, 0.29) is 5.82 Å². The summed E-state index contributed by atoms with van der Waals surface area (Å²) in [7, 11) is 0. The third-order valence-corrected chi connectivity index (χ3v) is 4.13. The number of rotatable bonds is 5. The van der Waals surface area contributed by atoms with Crippen molar-refractivity contribution in [1.29, 1.82) is 0 Å². The Labute approximate surface area is 168 Å². The number of carbonyl (C=O) groups is 1. The van der Waals surface area contributed by atoms with E-state index >= 15 is 0 Å². The molecule has 0 saturated carbocycles. The van der Waals surface area contributed by atoms with E-state index in [9.17, 15) is 4.79 Å². The number of nitrogens with zero attached hydrogens (tertiary/aromatic N) is 4. The molecule has 4 rings (SSSR count). The van der Waals surface area contributed by atoms with Crippen LogP contribution in [-0.2, 0) is 0 Å². The fourth-order valence-electron chi connectivity index (χ4n) is 2.73. The first-order chi connectivity index (χ1) is 14.3. The van der Waals surface area contributed by atoms with E-state index < -0.39 is 5.91 Å². The van der Waals surface area contributed by atoms with Crippen molar-refractivity contribution in [2.24, 2.45) is 5.10 Å². The molecule has 0 unspecified atom stereocenters. The smallest absolute Gasteiger partial charge is 0.264 e. The third kappa shape index (κ3) is 4.56. The molecular weight excluding hydrogens is 362 g/mol. The van der Waals surface area contributed by atoms with Gasteiger partial charge in [-0.2, -0.15) is 5.10 Å². The van der Waals surface area contributed by atoms with Gasteiger partial charge in [-0.1, -0.05) is 66.7 Å². The summed E-state index contributed by atoms with van der Waals surface area (Å²) in [5.74, 6) is -0.436. The summed E-state index contributed by atoms with van der Waals surface area (Å²) >= 11 is 0. The van der Waals surface area contributed by atoms with Crippen molar-refractivity contribution in [2.75, 3.05) is 0 Å². The summed E-state index contributed by atoms with van der Waals surface area (Å²) in [6.45, 7) is 0. The van der Waals surface area contributed by atoms with Crippen LogP contribution in [0.1, 0.15) is 16.2 Å². The molecule has 0 aliphatic heterocycles. The monoisotopic (exact) mass is 379 g/mol. The molecule has 140 valence electrons. The second kappa shape index (κ2) is 8.67. The average molecular weight is 379 g/mol. The molecule has 2 heterocycles. The molecular formula is C23H17N5O. The molecule has 1 amide bonds. The number of hydrogen-bond acceptors (Lipinski definition) is 5. The zero-order valence-electron chi connectivity index (χ0n) is 15.4. The van der Waals surface area contributed by atoms with Gasteiger partial charge < -0.3 is 0 Å². The Morgan fingerprint density at radius 3 is 2.00 bits per heavy atom. The van der Waals surface area contributed by atoms with E-state index in [1.54, 1.807) is 18.5 Å². The number of carbonyl (C=O) groups excluding carboxylic acids is 1. The summed E-state index contributed by atoms with van der Waals surface area (Å²) in [5, 5.41) is 3.98. The number of amides is 1. The number of hydrogen-bond donors (Lipinski definition) is 1. The van der Waals surface area contributed by atoms with E-state index in [0.29, 0.717) is 11.4 Å². The van der Waals surface area contributed by atoms with Crippen LogP contribution >= 0.6 is 0 Å². The Balaban J connectivity index is 1.66. The van der Waals surface area contributed by atoms with Gasteiger partial charge in [0, 0.05) is 29.1 Å². The number of aromatic nitrogens is 3. The normalized spacial score (nSPS) is 10.8. The zero-order chi connectivity index (χ0) is 19.9. The van der Waals surface area contributed by atoms with Crippen molar-refractivity contribution in [3.8, 4) is 22.5 Å². The van der Waals surface area contributed by atoms with Crippen LogP contribution in [0.3, 0.4) is 0 Å². The van der Waals surface area contributed by atoms with Gasteiger partial charge in [-0.15, -0.1) is 0 Å². The summed E-state index contributed by atoms with van der Waals surface area (Å²) in [4.78, 5) is 25.5. The highest BCUT2D eigenvalue weighted by Crippen LogP contribution is 2.23. The summed E-state index contributed by atoms with van der Waals surface area (Å²) in [6, 6.07) is 24.9. The Bertz CT molecular complexity index is 1070. The topological polar surface area (TPSA) is 80.1 Å². The number of nitrogens with one attached hydrogen (secondary N) is 1. The molecule has 6 nitrogen and oxygen atoms in total. The van der Waals surface area contributed by atoms with Crippen molar-refractivity contribution in [3.63, 3.8) is 0 Å². The molecule has 2 aromatic heterocycles. The summed E-state index contributed by atoms with van der Waals surface area (Å²) < 4.78 is 0. The Morgan fingerprint density at radius 1 is 0.828 bits per heavy atom. The maximum absolute atomic E-state index is 12.6. The zero-order valence-corrected chi connectivity index (χ0v) is 15.4. The van der Waals surface area contributed by atoms with Crippen LogP contribution in [0.5, 0.6) is 0 Å². The van der Waals surface area contributed by atoms with E-state index in [1.807, 2.05) is 72.8 Å². The lowest BCUT2D eigenvalue weighted by atomic mass is 10.1. The van der Waals surface area contributed by atoms with Crippen LogP contribution in [0.25, 0.3) is 22.5 Å². The fourth-order valence-corrected chi connectivity index (χ4v) is 2.73. The molecule has 0 spiro atoms.